The lowest BCUT2D eigenvalue weighted by atomic mass is 10.1. The van der Waals surface area contributed by atoms with Crippen LogP contribution in [0.1, 0.15) is 21.5 Å². The molecule has 0 aliphatic heterocycles. The molecule has 1 aromatic rings. The highest BCUT2D eigenvalue weighted by Gasteiger charge is 2.07. The van der Waals surface area contributed by atoms with E-state index in [1.54, 1.807) is 12.1 Å². The zero-order valence-corrected chi connectivity index (χ0v) is 11.8. The summed E-state index contributed by atoms with van der Waals surface area (Å²) in [5.41, 5.74) is 2.52. The van der Waals surface area contributed by atoms with Gasteiger partial charge in [0.1, 0.15) is 0 Å². The van der Waals surface area contributed by atoms with E-state index in [-0.39, 0.29) is 5.97 Å². The average molecular weight is 250 g/mol. The third kappa shape index (κ3) is 4.16. The summed E-state index contributed by atoms with van der Waals surface area (Å²) in [6, 6.07) is 5.45. The number of carbonyl (C=O) groups excluding carboxylic acids is 1. The summed E-state index contributed by atoms with van der Waals surface area (Å²) in [6.45, 7) is 1.99. The number of benzene rings is 1. The Hall–Kier alpha value is -1.40. The van der Waals surface area contributed by atoms with Gasteiger partial charge in [0.15, 0.2) is 0 Å². The van der Waals surface area contributed by atoms with Gasteiger partial charge in [0.2, 0.25) is 0 Å². The average Bonchev–Trinajstić information content (AvgIpc) is 2.26. The van der Waals surface area contributed by atoms with Gasteiger partial charge in [0, 0.05) is 5.56 Å². The van der Waals surface area contributed by atoms with Crippen molar-refractivity contribution >= 4 is 16.0 Å². The third-order valence-corrected chi connectivity index (χ3v) is 2.86. The molecule has 0 unspecified atom stereocenters. The van der Waals surface area contributed by atoms with Crippen LogP contribution in [0.3, 0.4) is 0 Å². The smallest absolute Gasteiger partial charge is 0.337 e. The lowest BCUT2D eigenvalue weighted by Crippen LogP contribution is -2.01. The summed E-state index contributed by atoms with van der Waals surface area (Å²) in [7, 11) is 0.527. The first-order valence-corrected chi connectivity index (χ1v) is 8.09. The Bertz CT molecular complexity index is 487. The number of ether oxygens (including phenoxy) is 1. The van der Waals surface area contributed by atoms with Gasteiger partial charge in [-0.1, -0.05) is 12.0 Å². The van der Waals surface area contributed by atoms with Gasteiger partial charge in [-0.15, -0.1) is 0 Å². The summed E-state index contributed by atoms with van der Waals surface area (Å²) >= 11 is 0. The number of hydrogen-bond acceptors (Lipinski definition) is 2. The van der Waals surface area contributed by atoms with E-state index >= 15 is 0 Å². The van der Waals surface area contributed by atoms with Gasteiger partial charge in [-0.25, -0.2) is 4.79 Å². The summed E-state index contributed by atoms with van der Waals surface area (Å²) in [6.07, 6.45) is 6.42. The molecule has 0 saturated carbocycles. The SMILES string of the molecule is COC(=O)c1ccc(C)c(C#CS(C)(C)C)c1. The molecule has 3 heteroatoms. The number of carbonyl (C=O) groups is 1. The van der Waals surface area contributed by atoms with E-state index in [1.165, 1.54) is 7.11 Å². The van der Waals surface area contributed by atoms with Crippen molar-refractivity contribution in [2.24, 2.45) is 0 Å². The molecule has 0 aliphatic rings. The maximum absolute atomic E-state index is 11.4. The van der Waals surface area contributed by atoms with Gasteiger partial charge >= 0.3 is 5.97 Å². The van der Waals surface area contributed by atoms with E-state index in [2.05, 4.69) is 29.9 Å². The van der Waals surface area contributed by atoms with E-state index < -0.39 is 10.0 Å². The molecule has 1 rings (SSSR count). The maximum atomic E-state index is 11.4. The van der Waals surface area contributed by atoms with Crippen LogP contribution < -0.4 is 0 Å². The van der Waals surface area contributed by atoms with E-state index in [9.17, 15) is 4.79 Å². The number of esters is 1. The van der Waals surface area contributed by atoms with Gasteiger partial charge in [-0.3, -0.25) is 0 Å². The molecule has 0 heterocycles. The molecule has 0 fully saturated rings. The summed E-state index contributed by atoms with van der Waals surface area (Å²) in [4.78, 5) is 11.4. The van der Waals surface area contributed by atoms with Crippen molar-refractivity contribution in [1.29, 1.82) is 0 Å². The molecule has 1 aromatic carbocycles. The second-order valence-corrected chi connectivity index (χ2v) is 8.46. The summed E-state index contributed by atoms with van der Waals surface area (Å²) in [5, 5.41) is 3.24. The molecule has 92 valence electrons. The van der Waals surface area contributed by atoms with Crippen LogP contribution in [-0.4, -0.2) is 31.8 Å². The molecular weight excluding hydrogens is 232 g/mol. The fourth-order valence-corrected chi connectivity index (χ4v) is 1.63. The monoisotopic (exact) mass is 250 g/mol. The first-order valence-electron chi connectivity index (χ1n) is 5.23. The van der Waals surface area contributed by atoms with E-state index in [0.29, 0.717) is 5.56 Å². The standard InChI is InChI=1S/C14H18O2S/c1-11-6-7-13(14(15)16-2)10-12(11)8-9-17(3,4)5/h6-7,10H,1-5H3. The van der Waals surface area contributed by atoms with E-state index in [4.69, 9.17) is 4.74 Å². The largest absolute Gasteiger partial charge is 0.465 e. The Balaban J connectivity index is 3.14. The third-order valence-electron chi connectivity index (χ3n) is 2.15. The van der Waals surface area contributed by atoms with Crippen molar-refractivity contribution in [1.82, 2.24) is 0 Å². The number of aryl methyl sites for hydroxylation is 1. The Morgan fingerprint density at radius 2 is 1.94 bits per heavy atom. The van der Waals surface area contributed by atoms with Gasteiger partial charge in [-0.05, 0) is 48.6 Å². The Kier molecular flexibility index (Phi) is 4.25. The van der Waals surface area contributed by atoms with Crippen LogP contribution in [0.15, 0.2) is 18.2 Å². The summed E-state index contributed by atoms with van der Waals surface area (Å²) < 4.78 is 4.69. The first-order chi connectivity index (χ1) is 7.83. The Morgan fingerprint density at radius 3 is 2.47 bits per heavy atom. The second-order valence-electron chi connectivity index (χ2n) is 4.59. The Morgan fingerprint density at radius 1 is 1.29 bits per heavy atom. The number of rotatable bonds is 1. The molecule has 0 saturated heterocycles. The van der Waals surface area contributed by atoms with Crippen molar-refractivity contribution in [3.05, 3.63) is 34.9 Å². The normalized spacial score (nSPS) is 11.4. The van der Waals surface area contributed by atoms with Crippen LogP contribution >= 0.6 is 10.0 Å². The molecule has 0 spiro atoms. The predicted octanol–water partition coefficient (Wildman–Crippen LogP) is 2.78. The highest BCUT2D eigenvalue weighted by atomic mass is 32.3. The fourth-order valence-electron chi connectivity index (χ4n) is 1.21. The second kappa shape index (κ2) is 5.29. The quantitative estimate of drug-likeness (QED) is 0.566. The topological polar surface area (TPSA) is 26.3 Å². The van der Waals surface area contributed by atoms with Crippen LogP contribution in [0, 0.1) is 18.1 Å². The van der Waals surface area contributed by atoms with Crippen LogP contribution in [-0.2, 0) is 4.74 Å². The molecule has 0 bridgehead atoms. The van der Waals surface area contributed by atoms with Crippen LogP contribution in [0.2, 0.25) is 0 Å². The molecule has 2 nitrogen and oxygen atoms in total. The Labute approximate surface area is 105 Å². The van der Waals surface area contributed by atoms with Gasteiger partial charge < -0.3 is 4.74 Å². The van der Waals surface area contributed by atoms with Gasteiger partial charge in [0.25, 0.3) is 0 Å². The molecule has 0 amide bonds. The molecule has 0 aromatic heterocycles. The molecular formula is C14H18O2S. The number of hydrogen-bond donors (Lipinski definition) is 0. The van der Waals surface area contributed by atoms with Crippen LogP contribution in [0.5, 0.6) is 0 Å². The fraction of sp³-hybridized carbons (Fsp3) is 0.357. The summed E-state index contributed by atoms with van der Waals surface area (Å²) in [5.74, 6) is 2.83. The molecule has 0 aliphatic carbocycles. The lowest BCUT2D eigenvalue weighted by molar-refractivity contribution is 0.0600. The minimum Gasteiger partial charge on any atom is -0.465 e. The van der Waals surface area contributed by atoms with E-state index in [1.807, 2.05) is 13.0 Å². The zero-order valence-electron chi connectivity index (χ0n) is 11.0. The van der Waals surface area contributed by atoms with Gasteiger partial charge in [-0.2, -0.15) is 10.0 Å². The molecule has 0 radical (unpaired) electrons. The van der Waals surface area contributed by atoms with Crippen molar-refractivity contribution in [3.8, 4) is 11.2 Å². The van der Waals surface area contributed by atoms with Crippen LogP contribution in [0.4, 0.5) is 0 Å². The first kappa shape index (κ1) is 13.7. The van der Waals surface area contributed by atoms with Crippen LogP contribution in [0.25, 0.3) is 0 Å². The predicted molar refractivity (Wildman–Crippen MR) is 74.8 cm³/mol. The van der Waals surface area contributed by atoms with Crippen molar-refractivity contribution in [2.45, 2.75) is 6.92 Å². The van der Waals surface area contributed by atoms with Crippen molar-refractivity contribution in [2.75, 3.05) is 25.9 Å². The van der Waals surface area contributed by atoms with Gasteiger partial charge in [0.05, 0.1) is 12.7 Å². The van der Waals surface area contributed by atoms with Crippen molar-refractivity contribution in [3.63, 3.8) is 0 Å². The zero-order chi connectivity index (χ0) is 13.1. The molecule has 17 heavy (non-hydrogen) atoms. The maximum Gasteiger partial charge on any atom is 0.337 e. The number of methoxy groups -OCH3 is 1. The molecule has 0 N–H and O–H groups in total. The molecule has 0 atom stereocenters. The highest BCUT2D eigenvalue weighted by Crippen LogP contribution is 2.32. The minimum atomic E-state index is -0.855. The van der Waals surface area contributed by atoms with E-state index in [0.717, 1.165) is 11.1 Å². The lowest BCUT2D eigenvalue weighted by Gasteiger charge is -2.15. The minimum absolute atomic E-state index is 0.323. The van der Waals surface area contributed by atoms with Crippen molar-refractivity contribution < 1.29 is 9.53 Å². The highest BCUT2D eigenvalue weighted by molar-refractivity contribution is 8.35.